The number of halogens is 3. The van der Waals surface area contributed by atoms with Gasteiger partial charge in [-0.1, -0.05) is 67.4 Å². The first kappa shape index (κ1) is 23.5. The van der Waals surface area contributed by atoms with Gasteiger partial charge in [0, 0.05) is 12.1 Å². The molecular weight excluding hydrogens is 472 g/mol. The Bertz CT molecular complexity index is 957. The zero-order chi connectivity index (χ0) is 22.7. The lowest BCUT2D eigenvalue weighted by Gasteiger charge is -2.39. The van der Waals surface area contributed by atoms with E-state index in [1.165, 1.54) is 12.1 Å². The van der Waals surface area contributed by atoms with Crippen LogP contribution in [0.4, 0.5) is 4.39 Å². The van der Waals surface area contributed by atoms with Crippen molar-refractivity contribution in [3.05, 3.63) is 50.7 Å². The molecule has 1 unspecified atom stereocenters. The lowest BCUT2D eigenvalue weighted by Crippen LogP contribution is -2.50. The molecule has 0 bridgehead atoms. The van der Waals surface area contributed by atoms with Crippen LogP contribution in [-0.2, 0) is 4.79 Å². The third-order valence-corrected chi connectivity index (χ3v) is 8.03. The highest BCUT2D eigenvalue weighted by Gasteiger charge is 2.40. The highest BCUT2D eigenvalue weighted by Crippen LogP contribution is 2.36. The van der Waals surface area contributed by atoms with E-state index in [4.69, 9.17) is 23.2 Å². The molecule has 2 fully saturated rings. The molecular formula is C23H26Cl2FN3O2S. The van der Waals surface area contributed by atoms with E-state index in [1.807, 2.05) is 0 Å². The molecule has 1 aromatic heterocycles. The van der Waals surface area contributed by atoms with Crippen molar-refractivity contribution in [1.29, 1.82) is 0 Å². The van der Waals surface area contributed by atoms with Crippen LogP contribution in [0.5, 0.6) is 0 Å². The molecule has 1 aromatic carbocycles. The van der Waals surface area contributed by atoms with E-state index < -0.39 is 17.8 Å². The van der Waals surface area contributed by atoms with Gasteiger partial charge in [0.1, 0.15) is 21.2 Å². The quantitative estimate of drug-likeness (QED) is 0.519. The summed E-state index contributed by atoms with van der Waals surface area (Å²) in [5.74, 6) is -1.06. The molecule has 2 aliphatic carbocycles. The molecule has 2 aromatic rings. The van der Waals surface area contributed by atoms with Crippen molar-refractivity contribution >= 4 is 46.5 Å². The fourth-order valence-corrected chi connectivity index (χ4v) is 5.79. The van der Waals surface area contributed by atoms with Crippen molar-refractivity contribution in [2.45, 2.75) is 75.9 Å². The molecule has 5 nitrogen and oxygen atoms in total. The Morgan fingerprint density at radius 2 is 1.66 bits per heavy atom. The first-order valence-corrected chi connectivity index (χ1v) is 12.7. The Hall–Kier alpha value is -1.70. The maximum absolute atomic E-state index is 13.8. The highest BCUT2D eigenvalue weighted by molar-refractivity contribution is 7.11. The second-order valence-electron chi connectivity index (χ2n) is 8.57. The smallest absolute Gasteiger partial charge is 0.276 e. The van der Waals surface area contributed by atoms with Gasteiger partial charge >= 0.3 is 0 Å². The van der Waals surface area contributed by atoms with Gasteiger partial charge in [0.15, 0.2) is 5.69 Å². The van der Waals surface area contributed by atoms with E-state index in [9.17, 15) is 14.0 Å². The summed E-state index contributed by atoms with van der Waals surface area (Å²) in [6.45, 7) is 0. The number of nitrogens with zero attached hydrogens (tertiary/aromatic N) is 2. The molecule has 1 heterocycles. The van der Waals surface area contributed by atoms with E-state index in [0.717, 1.165) is 69.3 Å². The van der Waals surface area contributed by atoms with Crippen LogP contribution >= 0.6 is 34.7 Å². The summed E-state index contributed by atoms with van der Waals surface area (Å²) in [4.78, 5) is 29.0. The van der Waals surface area contributed by atoms with Gasteiger partial charge in [-0.2, -0.15) is 4.37 Å². The molecule has 0 saturated heterocycles. The molecule has 0 spiro atoms. The van der Waals surface area contributed by atoms with E-state index >= 15 is 0 Å². The molecule has 2 saturated carbocycles. The minimum absolute atomic E-state index is 0.0630. The van der Waals surface area contributed by atoms with Crippen LogP contribution < -0.4 is 5.32 Å². The van der Waals surface area contributed by atoms with Crippen LogP contribution in [0.1, 0.15) is 79.9 Å². The molecule has 9 heteroatoms. The Labute approximate surface area is 201 Å². The predicted octanol–water partition coefficient (Wildman–Crippen LogP) is 6.16. The van der Waals surface area contributed by atoms with Crippen molar-refractivity contribution in [1.82, 2.24) is 14.6 Å². The minimum atomic E-state index is -0.900. The van der Waals surface area contributed by atoms with Crippen LogP contribution in [-0.4, -0.2) is 33.2 Å². The van der Waals surface area contributed by atoms with Gasteiger partial charge in [-0.05, 0) is 54.9 Å². The van der Waals surface area contributed by atoms with Crippen molar-refractivity contribution < 1.29 is 14.0 Å². The second-order valence-corrected chi connectivity index (χ2v) is 10.3. The summed E-state index contributed by atoms with van der Waals surface area (Å²) in [6, 6.07) is 4.84. The van der Waals surface area contributed by atoms with E-state index in [1.54, 1.807) is 17.0 Å². The van der Waals surface area contributed by atoms with E-state index in [-0.39, 0.29) is 33.0 Å². The van der Waals surface area contributed by atoms with Gasteiger partial charge in [0.05, 0.1) is 0 Å². The topological polar surface area (TPSA) is 62.3 Å². The molecule has 0 radical (unpaired) electrons. The number of hydrogen-bond donors (Lipinski definition) is 1. The van der Waals surface area contributed by atoms with Crippen molar-refractivity contribution in [3.8, 4) is 0 Å². The van der Waals surface area contributed by atoms with Gasteiger partial charge in [-0.3, -0.25) is 9.59 Å². The maximum Gasteiger partial charge on any atom is 0.276 e. The molecule has 1 atom stereocenters. The lowest BCUT2D eigenvalue weighted by atomic mass is 9.91. The average Bonchev–Trinajstić information content (AvgIpc) is 3.43. The summed E-state index contributed by atoms with van der Waals surface area (Å²) < 4.78 is 18.1. The Morgan fingerprint density at radius 1 is 1.03 bits per heavy atom. The lowest BCUT2D eigenvalue weighted by molar-refractivity contribution is -0.127. The molecule has 32 heavy (non-hydrogen) atoms. The van der Waals surface area contributed by atoms with Crippen molar-refractivity contribution in [3.63, 3.8) is 0 Å². The summed E-state index contributed by atoms with van der Waals surface area (Å²) in [7, 11) is 0. The van der Waals surface area contributed by atoms with Crippen LogP contribution in [0.2, 0.25) is 9.36 Å². The molecule has 172 valence electrons. The van der Waals surface area contributed by atoms with Gasteiger partial charge < -0.3 is 10.2 Å². The summed E-state index contributed by atoms with van der Waals surface area (Å²) in [5.41, 5.74) is 0.631. The van der Waals surface area contributed by atoms with E-state index in [0.29, 0.717) is 5.56 Å². The fraction of sp³-hybridized carbons (Fsp3) is 0.522. The molecule has 2 aliphatic rings. The Kier molecular flexibility index (Phi) is 7.69. The average molecular weight is 498 g/mol. The first-order valence-electron chi connectivity index (χ1n) is 11.1. The molecule has 4 rings (SSSR count). The molecule has 0 aliphatic heterocycles. The van der Waals surface area contributed by atoms with Crippen LogP contribution in [0.25, 0.3) is 0 Å². The standard InChI is InChI=1S/C23H26Cl2FN3O2S/c24-18-19(28-32-21(18)25)23(31)29(17-8-2-1-3-9-17)20(14-10-12-15(26)13-11-14)22(30)27-16-6-4-5-7-16/h10-13,16-17,20H,1-9H2,(H,27,30). The predicted molar refractivity (Wildman–Crippen MR) is 125 cm³/mol. The van der Waals surface area contributed by atoms with Crippen molar-refractivity contribution in [2.75, 3.05) is 0 Å². The number of carbonyl (C=O) groups is 2. The summed E-state index contributed by atoms with van der Waals surface area (Å²) in [5, 5.41) is 3.24. The number of benzene rings is 1. The Morgan fingerprint density at radius 3 is 2.25 bits per heavy atom. The van der Waals surface area contributed by atoms with Gasteiger partial charge in [0.25, 0.3) is 5.91 Å². The second kappa shape index (κ2) is 10.5. The number of amides is 2. The summed E-state index contributed by atoms with van der Waals surface area (Å²) in [6.07, 6.45) is 8.61. The van der Waals surface area contributed by atoms with Gasteiger partial charge in [-0.15, -0.1) is 0 Å². The van der Waals surface area contributed by atoms with Crippen LogP contribution in [0.3, 0.4) is 0 Å². The third-order valence-electron chi connectivity index (χ3n) is 6.42. The third kappa shape index (κ3) is 5.10. The summed E-state index contributed by atoms with van der Waals surface area (Å²) >= 11 is 13.3. The monoisotopic (exact) mass is 497 g/mol. The van der Waals surface area contributed by atoms with Crippen LogP contribution in [0, 0.1) is 5.82 Å². The van der Waals surface area contributed by atoms with Crippen molar-refractivity contribution in [2.24, 2.45) is 0 Å². The first-order chi connectivity index (χ1) is 15.5. The van der Waals surface area contributed by atoms with E-state index in [2.05, 4.69) is 9.69 Å². The van der Waals surface area contributed by atoms with Gasteiger partial charge in [-0.25, -0.2) is 4.39 Å². The van der Waals surface area contributed by atoms with Gasteiger partial charge in [0.2, 0.25) is 5.91 Å². The zero-order valence-corrected chi connectivity index (χ0v) is 20.0. The minimum Gasteiger partial charge on any atom is -0.351 e. The largest absolute Gasteiger partial charge is 0.351 e. The highest BCUT2D eigenvalue weighted by atomic mass is 35.5. The number of aromatic nitrogens is 1. The maximum atomic E-state index is 13.8. The number of rotatable bonds is 6. The SMILES string of the molecule is O=C(NC1CCCC1)C(c1ccc(F)cc1)N(C(=O)c1nsc(Cl)c1Cl)C1CCCCC1. The Balaban J connectivity index is 1.75. The number of hydrogen-bond acceptors (Lipinski definition) is 4. The molecule has 1 N–H and O–H groups in total. The normalized spacial score (nSPS) is 18.5. The zero-order valence-electron chi connectivity index (χ0n) is 17.7. The fourth-order valence-electron chi connectivity index (χ4n) is 4.80. The number of nitrogens with one attached hydrogen (secondary N) is 1. The molecule has 2 amide bonds. The van der Waals surface area contributed by atoms with Crippen LogP contribution in [0.15, 0.2) is 24.3 Å². The number of carbonyl (C=O) groups excluding carboxylic acids is 2.